The van der Waals surface area contributed by atoms with Crippen LogP contribution in [0, 0.1) is 6.92 Å². The van der Waals surface area contributed by atoms with Gasteiger partial charge in [0.05, 0.1) is 5.02 Å². The van der Waals surface area contributed by atoms with Gasteiger partial charge in [-0.3, -0.25) is 10.1 Å². The number of carbonyl (C=O) groups is 1. The zero-order valence-corrected chi connectivity index (χ0v) is 12.9. The third-order valence-corrected chi connectivity index (χ3v) is 3.13. The predicted octanol–water partition coefficient (Wildman–Crippen LogP) is 3.50. The number of nitrogens with one attached hydrogen (secondary N) is 1. The van der Waals surface area contributed by atoms with Crippen LogP contribution < -0.4 is 10.1 Å². The van der Waals surface area contributed by atoms with Crippen molar-refractivity contribution >= 4 is 35.1 Å². The molecule has 0 aliphatic heterocycles. The van der Waals surface area contributed by atoms with Gasteiger partial charge in [-0.15, -0.1) is 0 Å². The van der Waals surface area contributed by atoms with Crippen LogP contribution in [0.5, 0.6) is 5.75 Å². The fraction of sp³-hybridized carbons (Fsp3) is 0.214. The van der Waals surface area contributed by atoms with Crippen LogP contribution in [-0.2, 0) is 4.79 Å². The standard InChI is InChI=1S/C14H13Cl2N3O2/c1-8-5-6-17-14(18-8)19-13(20)9(2)21-12-4-3-10(15)7-11(12)16/h3-7,9H,1-2H3,(H,17,18,19,20)/t9-/m1/s1. The highest BCUT2D eigenvalue weighted by Gasteiger charge is 2.17. The number of ether oxygens (including phenoxy) is 1. The first-order chi connectivity index (χ1) is 9.95. The number of nitrogens with zero attached hydrogens (tertiary/aromatic N) is 2. The Morgan fingerprint density at radius 2 is 2.10 bits per heavy atom. The van der Waals surface area contributed by atoms with E-state index < -0.39 is 6.10 Å². The highest BCUT2D eigenvalue weighted by atomic mass is 35.5. The van der Waals surface area contributed by atoms with E-state index in [-0.39, 0.29) is 11.9 Å². The maximum Gasteiger partial charge on any atom is 0.267 e. The minimum Gasteiger partial charge on any atom is -0.479 e. The van der Waals surface area contributed by atoms with Crippen LogP contribution in [-0.4, -0.2) is 22.0 Å². The summed E-state index contributed by atoms with van der Waals surface area (Å²) in [6, 6.07) is 6.53. The van der Waals surface area contributed by atoms with Gasteiger partial charge in [0.25, 0.3) is 5.91 Å². The fourth-order valence-electron chi connectivity index (χ4n) is 1.54. The largest absolute Gasteiger partial charge is 0.479 e. The second kappa shape index (κ2) is 6.74. The number of aryl methyl sites for hydroxylation is 1. The lowest BCUT2D eigenvalue weighted by atomic mass is 10.3. The second-order valence-electron chi connectivity index (χ2n) is 4.35. The summed E-state index contributed by atoms with van der Waals surface area (Å²) in [6.07, 6.45) is 0.812. The minimum atomic E-state index is -0.757. The first-order valence-corrected chi connectivity index (χ1v) is 6.93. The molecule has 0 fully saturated rings. The van der Waals surface area contributed by atoms with Gasteiger partial charge in [-0.2, -0.15) is 0 Å². The van der Waals surface area contributed by atoms with E-state index in [0.29, 0.717) is 15.8 Å². The first-order valence-electron chi connectivity index (χ1n) is 6.18. The summed E-state index contributed by atoms with van der Waals surface area (Å²) in [5.41, 5.74) is 0.759. The van der Waals surface area contributed by atoms with Crippen molar-refractivity contribution in [2.24, 2.45) is 0 Å². The molecule has 1 N–H and O–H groups in total. The van der Waals surface area contributed by atoms with Crippen molar-refractivity contribution in [3.63, 3.8) is 0 Å². The molecule has 1 amide bonds. The molecule has 2 aromatic rings. The maximum atomic E-state index is 12.0. The number of aromatic nitrogens is 2. The molecule has 0 bridgehead atoms. The van der Waals surface area contributed by atoms with E-state index in [0.717, 1.165) is 5.69 Å². The molecule has 1 heterocycles. The summed E-state index contributed by atoms with van der Waals surface area (Å²) in [5.74, 6) is 0.248. The number of hydrogen-bond acceptors (Lipinski definition) is 4. The third kappa shape index (κ3) is 4.31. The van der Waals surface area contributed by atoms with Crippen molar-refractivity contribution < 1.29 is 9.53 Å². The molecular weight excluding hydrogens is 313 g/mol. The smallest absolute Gasteiger partial charge is 0.267 e. The summed E-state index contributed by atoms with van der Waals surface area (Å²) in [6.45, 7) is 3.42. The Bertz CT molecular complexity index is 664. The fourth-order valence-corrected chi connectivity index (χ4v) is 1.99. The number of halogens is 2. The maximum absolute atomic E-state index is 12.0. The monoisotopic (exact) mass is 325 g/mol. The molecule has 21 heavy (non-hydrogen) atoms. The molecule has 2 rings (SSSR count). The van der Waals surface area contributed by atoms with E-state index in [4.69, 9.17) is 27.9 Å². The summed E-state index contributed by atoms with van der Waals surface area (Å²) in [7, 11) is 0. The van der Waals surface area contributed by atoms with Crippen molar-refractivity contribution in [2.75, 3.05) is 5.32 Å². The second-order valence-corrected chi connectivity index (χ2v) is 5.19. The Labute approximate surface area is 132 Å². The molecule has 0 aliphatic carbocycles. The van der Waals surface area contributed by atoms with E-state index >= 15 is 0 Å². The quantitative estimate of drug-likeness (QED) is 0.934. The molecule has 0 saturated heterocycles. The number of rotatable bonds is 4. The molecule has 0 saturated carbocycles. The highest BCUT2D eigenvalue weighted by molar-refractivity contribution is 6.35. The number of amides is 1. The Morgan fingerprint density at radius 1 is 1.33 bits per heavy atom. The lowest BCUT2D eigenvalue weighted by Gasteiger charge is -2.15. The molecule has 110 valence electrons. The predicted molar refractivity (Wildman–Crippen MR) is 82.0 cm³/mol. The van der Waals surface area contributed by atoms with Gasteiger partial charge in [-0.1, -0.05) is 23.2 Å². The van der Waals surface area contributed by atoms with Gasteiger partial charge in [0.1, 0.15) is 5.75 Å². The molecule has 7 heteroatoms. The summed E-state index contributed by atoms with van der Waals surface area (Å²) in [4.78, 5) is 20.1. The summed E-state index contributed by atoms with van der Waals surface area (Å²) >= 11 is 11.8. The third-order valence-electron chi connectivity index (χ3n) is 2.60. The van der Waals surface area contributed by atoms with E-state index in [1.165, 1.54) is 0 Å². The topological polar surface area (TPSA) is 64.1 Å². The van der Waals surface area contributed by atoms with E-state index in [9.17, 15) is 4.79 Å². The molecular formula is C14H13Cl2N3O2. The van der Waals surface area contributed by atoms with Crippen LogP contribution in [0.3, 0.4) is 0 Å². The Morgan fingerprint density at radius 3 is 2.76 bits per heavy atom. The van der Waals surface area contributed by atoms with E-state index in [2.05, 4.69) is 15.3 Å². The number of carbonyl (C=O) groups excluding carboxylic acids is 1. The van der Waals surface area contributed by atoms with Crippen molar-refractivity contribution in [1.82, 2.24) is 9.97 Å². The van der Waals surface area contributed by atoms with Crippen molar-refractivity contribution in [3.8, 4) is 5.75 Å². The summed E-state index contributed by atoms with van der Waals surface area (Å²) < 4.78 is 5.51. The Balaban J connectivity index is 2.02. The van der Waals surface area contributed by atoms with Gasteiger partial charge in [0, 0.05) is 16.9 Å². The van der Waals surface area contributed by atoms with Gasteiger partial charge in [-0.25, -0.2) is 9.97 Å². The van der Waals surface area contributed by atoms with Crippen LogP contribution in [0.4, 0.5) is 5.95 Å². The zero-order valence-electron chi connectivity index (χ0n) is 11.4. The number of benzene rings is 1. The lowest BCUT2D eigenvalue weighted by molar-refractivity contribution is -0.122. The van der Waals surface area contributed by atoms with Crippen molar-refractivity contribution in [3.05, 3.63) is 46.2 Å². The Hall–Kier alpha value is -1.85. The van der Waals surface area contributed by atoms with Crippen molar-refractivity contribution in [2.45, 2.75) is 20.0 Å². The van der Waals surface area contributed by atoms with E-state index in [1.807, 2.05) is 6.92 Å². The zero-order chi connectivity index (χ0) is 15.4. The molecule has 5 nitrogen and oxygen atoms in total. The van der Waals surface area contributed by atoms with Crippen LogP contribution in [0.15, 0.2) is 30.5 Å². The van der Waals surface area contributed by atoms with Crippen LogP contribution >= 0.6 is 23.2 Å². The average molecular weight is 326 g/mol. The van der Waals surface area contributed by atoms with Crippen LogP contribution in [0.2, 0.25) is 10.0 Å². The summed E-state index contributed by atoms with van der Waals surface area (Å²) in [5, 5.41) is 3.42. The SMILES string of the molecule is Cc1ccnc(NC(=O)[C@@H](C)Oc2ccc(Cl)cc2Cl)n1. The van der Waals surface area contributed by atoms with E-state index in [1.54, 1.807) is 37.4 Å². The normalized spacial score (nSPS) is 11.8. The Kier molecular flexibility index (Phi) is 4.98. The molecule has 0 radical (unpaired) electrons. The van der Waals surface area contributed by atoms with Crippen LogP contribution in [0.1, 0.15) is 12.6 Å². The average Bonchev–Trinajstić information content (AvgIpc) is 2.41. The molecule has 0 spiro atoms. The minimum absolute atomic E-state index is 0.234. The molecule has 1 aromatic carbocycles. The van der Waals surface area contributed by atoms with Gasteiger partial charge < -0.3 is 4.74 Å². The van der Waals surface area contributed by atoms with Crippen molar-refractivity contribution in [1.29, 1.82) is 0 Å². The molecule has 0 unspecified atom stereocenters. The number of hydrogen-bond donors (Lipinski definition) is 1. The van der Waals surface area contributed by atoms with Crippen LogP contribution in [0.25, 0.3) is 0 Å². The molecule has 1 aromatic heterocycles. The highest BCUT2D eigenvalue weighted by Crippen LogP contribution is 2.28. The first kappa shape index (κ1) is 15.5. The van der Waals surface area contributed by atoms with Gasteiger partial charge in [-0.05, 0) is 38.1 Å². The lowest BCUT2D eigenvalue weighted by Crippen LogP contribution is -2.31. The molecule has 0 aliphatic rings. The van der Waals surface area contributed by atoms with Gasteiger partial charge >= 0.3 is 0 Å². The van der Waals surface area contributed by atoms with Gasteiger partial charge in [0.15, 0.2) is 6.10 Å². The van der Waals surface area contributed by atoms with Gasteiger partial charge in [0.2, 0.25) is 5.95 Å². The number of anilines is 1. The molecule has 1 atom stereocenters.